The van der Waals surface area contributed by atoms with Gasteiger partial charge in [-0.15, -0.1) is 0 Å². The first-order valence-electron chi connectivity index (χ1n) is 11.4. The average Bonchev–Trinajstić information content (AvgIpc) is 3.36. The number of aliphatic hydroxyl groups is 1. The molecule has 0 saturated carbocycles. The molecule has 2 aromatic heterocycles. The Morgan fingerprint density at radius 2 is 2.03 bits per heavy atom. The first-order valence-corrected chi connectivity index (χ1v) is 12.2. The standard InChI is InChI=1S/C24H29FN4O2S/c1-3-9-29-14-19(23(30)22-18(24(29)31)8-10-27(22)2)28-11-6-15(7-12-28)21-17-5-4-16(25)13-20(17)32-26-21/h4-5,8,10,13,15,19,23,30H,3,6-7,9,11-12,14H2,1-2H3. The number of likely N-dealkylation sites (tertiary alicyclic amines) is 1. The summed E-state index contributed by atoms with van der Waals surface area (Å²) >= 11 is 1.36. The van der Waals surface area contributed by atoms with Crippen LogP contribution in [0.25, 0.3) is 10.1 Å². The van der Waals surface area contributed by atoms with Crippen molar-refractivity contribution in [2.75, 3.05) is 26.2 Å². The molecule has 0 aliphatic carbocycles. The van der Waals surface area contributed by atoms with Crippen LogP contribution in [0.15, 0.2) is 30.5 Å². The number of aliphatic hydroxyl groups excluding tert-OH is 1. The van der Waals surface area contributed by atoms with E-state index in [0.717, 1.165) is 48.1 Å². The van der Waals surface area contributed by atoms with Gasteiger partial charge < -0.3 is 14.6 Å². The molecule has 2 aliphatic rings. The van der Waals surface area contributed by atoms with Crippen LogP contribution in [0.4, 0.5) is 4.39 Å². The van der Waals surface area contributed by atoms with Gasteiger partial charge in [-0.3, -0.25) is 9.69 Å². The van der Waals surface area contributed by atoms with Gasteiger partial charge in [-0.2, -0.15) is 4.37 Å². The van der Waals surface area contributed by atoms with Crippen LogP contribution in [0, 0.1) is 5.82 Å². The fraction of sp³-hybridized carbons (Fsp3) is 0.500. The molecule has 4 heterocycles. The molecule has 1 amide bonds. The van der Waals surface area contributed by atoms with Gasteiger partial charge in [-0.1, -0.05) is 6.92 Å². The summed E-state index contributed by atoms with van der Waals surface area (Å²) in [5.41, 5.74) is 2.40. The molecule has 2 unspecified atom stereocenters. The minimum absolute atomic E-state index is 0.0139. The van der Waals surface area contributed by atoms with E-state index < -0.39 is 6.10 Å². The van der Waals surface area contributed by atoms with Gasteiger partial charge in [0.05, 0.1) is 27.7 Å². The molecule has 8 heteroatoms. The van der Waals surface area contributed by atoms with Gasteiger partial charge >= 0.3 is 0 Å². The van der Waals surface area contributed by atoms with Crippen LogP contribution in [0.1, 0.15) is 60.0 Å². The molecule has 5 rings (SSSR count). The highest BCUT2D eigenvalue weighted by Gasteiger charge is 2.39. The first-order chi connectivity index (χ1) is 15.5. The van der Waals surface area contributed by atoms with Gasteiger partial charge in [0.15, 0.2) is 0 Å². The van der Waals surface area contributed by atoms with E-state index >= 15 is 0 Å². The number of aromatic nitrogens is 2. The third-order valence-electron chi connectivity index (χ3n) is 7.03. The number of hydrogen-bond donors (Lipinski definition) is 1. The number of nitrogens with zero attached hydrogens (tertiary/aromatic N) is 4. The first kappa shape index (κ1) is 21.6. The number of hydrogen-bond acceptors (Lipinski definition) is 5. The molecule has 1 aromatic carbocycles. The summed E-state index contributed by atoms with van der Waals surface area (Å²) in [6.07, 6.45) is 3.90. The van der Waals surface area contributed by atoms with Crippen LogP contribution in [-0.4, -0.2) is 62.0 Å². The molecule has 1 saturated heterocycles. The van der Waals surface area contributed by atoms with E-state index in [-0.39, 0.29) is 17.8 Å². The second-order valence-electron chi connectivity index (χ2n) is 9.01. The van der Waals surface area contributed by atoms with Crippen molar-refractivity contribution >= 4 is 27.5 Å². The maximum absolute atomic E-state index is 13.6. The molecule has 0 radical (unpaired) electrons. The fourth-order valence-electron chi connectivity index (χ4n) is 5.36. The van der Waals surface area contributed by atoms with Crippen LogP contribution >= 0.6 is 11.5 Å². The Kier molecular flexibility index (Phi) is 5.77. The Balaban J connectivity index is 1.37. The normalized spacial score (nSPS) is 23.0. The Morgan fingerprint density at radius 3 is 2.78 bits per heavy atom. The third-order valence-corrected chi connectivity index (χ3v) is 7.85. The van der Waals surface area contributed by atoms with Gasteiger partial charge in [0.25, 0.3) is 5.91 Å². The molecule has 2 aliphatic heterocycles. The Hall–Kier alpha value is -2.29. The van der Waals surface area contributed by atoms with E-state index in [1.54, 1.807) is 6.07 Å². The summed E-state index contributed by atoms with van der Waals surface area (Å²) in [5, 5.41) is 12.4. The van der Waals surface area contributed by atoms with Crippen molar-refractivity contribution in [1.29, 1.82) is 0 Å². The van der Waals surface area contributed by atoms with Crippen molar-refractivity contribution in [2.24, 2.45) is 7.05 Å². The van der Waals surface area contributed by atoms with E-state index in [1.165, 1.54) is 17.6 Å². The average molecular weight is 457 g/mol. The highest BCUT2D eigenvalue weighted by Crippen LogP contribution is 2.37. The molecule has 0 spiro atoms. The summed E-state index contributed by atoms with van der Waals surface area (Å²) < 4.78 is 21.0. The monoisotopic (exact) mass is 456 g/mol. The zero-order valence-electron chi connectivity index (χ0n) is 18.5. The Morgan fingerprint density at radius 1 is 1.25 bits per heavy atom. The predicted molar refractivity (Wildman–Crippen MR) is 123 cm³/mol. The number of carbonyl (C=O) groups excluding carboxylic acids is 1. The number of aryl methyl sites for hydroxylation is 1. The molecule has 6 nitrogen and oxygen atoms in total. The lowest BCUT2D eigenvalue weighted by atomic mass is 9.90. The lowest BCUT2D eigenvalue weighted by molar-refractivity contribution is 0.0163. The topological polar surface area (TPSA) is 61.6 Å². The number of carbonyl (C=O) groups is 1. The zero-order chi connectivity index (χ0) is 22.4. The molecule has 0 bridgehead atoms. The van der Waals surface area contributed by atoms with Gasteiger partial charge in [-0.25, -0.2) is 4.39 Å². The third kappa shape index (κ3) is 3.64. The van der Waals surface area contributed by atoms with Crippen molar-refractivity contribution in [3.05, 3.63) is 53.2 Å². The minimum atomic E-state index is -0.713. The van der Waals surface area contributed by atoms with Crippen LogP contribution in [-0.2, 0) is 7.05 Å². The maximum Gasteiger partial charge on any atom is 0.255 e. The Bertz CT molecular complexity index is 1130. The van der Waals surface area contributed by atoms with Crippen LogP contribution < -0.4 is 0 Å². The van der Waals surface area contributed by atoms with Gasteiger partial charge in [-0.05, 0) is 68.1 Å². The maximum atomic E-state index is 13.6. The van der Waals surface area contributed by atoms with Crippen molar-refractivity contribution in [3.63, 3.8) is 0 Å². The van der Waals surface area contributed by atoms with Gasteiger partial charge in [0.2, 0.25) is 0 Å². The van der Waals surface area contributed by atoms with E-state index in [2.05, 4.69) is 16.2 Å². The zero-order valence-corrected chi connectivity index (χ0v) is 19.3. The number of amides is 1. The lowest BCUT2D eigenvalue weighted by Gasteiger charge is -2.40. The van der Waals surface area contributed by atoms with E-state index in [0.29, 0.717) is 30.3 Å². The number of benzene rings is 1. The van der Waals surface area contributed by atoms with Crippen LogP contribution in [0.2, 0.25) is 0 Å². The van der Waals surface area contributed by atoms with Crippen LogP contribution in [0.5, 0.6) is 0 Å². The summed E-state index contributed by atoms with van der Waals surface area (Å²) in [5.74, 6) is 0.114. The van der Waals surface area contributed by atoms with Crippen molar-refractivity contribution < 1.29 is 14.3 Å². The molecule has 2 atom stereocenters. The number of halogens is 1. The fourth-order valence-corrected chi connectivity index (χ4v) is 6.24. The van der Waals surface area contributed by atoms with Crippen LogP contribution in [0.3, 0.4) is 0 Å². The van der Waals surface area contributed by atoms with Gasteiger partial charge in [0.1, 0.15) is 11.9 Å². The molecule has 3 aromatic rings. The number of piperidine rings is 1. The number of fused-ring (bicyclic) bond motifs is 2. The summed E-state index contributed by atoms with van der Waals surface area (Å²) in [6, 6.07) is 6.60. The molecule has 32 heavy (non-hydrogen) atoms. The van der Waals surface area contributed by atoms with E-state index in [4.69, 9.17) is 0 Å². The van der Waals surface area contributed by atoms with Crippen molar-refractivity contribution in [2.45, 2.75) is 44.2 Å². The van der Waals surface area contributed by atoms with E-state index in [1.807, 2.05) is 34.8 Å². The molecular formula is C24H29FN4O2S. The second kappa shape index (κ2) is 8.57. The number of rotatable bonds is 4. The highest BCUT2D eigenvalue weighted by molar-refractivity contribution is 7.13. The molecule has 170 valence electrons. The molecular weight excluding hydrogens is 427 g/mol. The second-order valence-corrected chi connectivity index (χ2v) is 9.81. The largest absolute Gasteiger partial charge is 0.385 e. The quantitative estimate of drug-likeness (QED) is 0.646. The smallest absolute Gasteiger partial charge is 0.255 e. The van der Waals surface area contributed by atoms with Crippen molar-refractivity contribution in [3.8, 4) is 0 Å². The minimum Gasteiger partial charge on any atom is -0.385 e. The van der Waals surface area contributed by atoms with Crippen molar-refractivity contribution in [1.82, 2.24) is 18.7 Å². The Labute approximate surface area is 191 Å². The summed E-state index contributed by atoms with van der Waals surface area (Å²) in [7, 11) is 1.89. The van der Waals surface area contributed by atoms with E-state index in [9.17, 15) is 14.3 Å². The molecule has 1 N–H and O–H groups in total. The lowest BCUT2D eigenvalue weighted by Crippen LogP contribution is -2.50. The summed E-state index contributed by atoms with van der Waals surface area (Å²) in [6.45, 7) is 4.96. The predicted octanol–water partition coefficient (Wildman–Crippen LogP) is 3.92. The van der Waals surface area contributed by atoms with Gasteiger partial charge in [0, 0.05) is 37.6 Å². The molecule has 1 fully saturated rings. The SMILES string of the molecule is CCCN1CC(N2CCC(c3nsc4cc(F)ccc34)CC2)C(O)c2c(ccn2C)C1=O. The highest BCUT2D eigenvalue weighted by atomic mass is 32.1. The summed E-state index contributed by atoms with van der Waals surface area (Å²) in [4.78, 5) is 17.4.